The van der Waals surface area contributed by atoms with E-state index in [4.69, 9.17) is 4.84 Å². The highest BCUT2D eigenvalue weighted by Crippen LogP contribution is 1.79. The van der Waals surface area contributed by atoms with Crippen molar-refractivity contribution in [2.45, 2.75) is 28.7 Å². The molecule has 0 rings (SSSR count). The Morgan fingerprint density at radius 2 is 1.23 bits per heavy atom. The second-order valence-electron chi connectivity index (χ2n) is 2.70. The molecule has 0 aliphatic rings. The monoisotopic (exact) mass is 194 g/mol. The van der Waals surface area contributed by atoms with Crippen molar-refractivity contribution in [2.24, 2.45) is 0 Å². The van der Waals surface area contributed by atoms with E-state index in [1.165, 1.54) is 0 Å². The van der Waals surface area contributed by atoms with E-state index < -0.39 is 0 Å². The largest absolute Gasteiger partial charge is 0.312 e. The van der Waals surface area contributed by atoms with Gasteiger partial charge in [0.15, 0.2) is 0 Å². The molecule has 0 atom stereocenters. The van der Waals surface area contributed by atoms with Crippen LogP contribution in [0.4, 0.5) is 0 Å². The van der Waals surface area contributed by atoms with Crippen molar-refractivity contribution in [1.82, 2.24) is 9.96 Å². The Hall–Kier alpha value is -0.120. The summed E-state index contributed by atoms with van der Waals surface area (Å²) in [6.45, 7) is 5.75. The molecule has 0 aliphatic carbocycles. The molecule has 0 amide bonds. The summed E-state index contributed by atoms with van der Waals surface area (Å²) in [4.78, 5) is 7.02. The summed E-state index contributed by atoms with van der Waals surface area (Å²) in [7, 11) is 7.92. The maximum absolute atomic E-state index is 5.02. The van der Waals surface area contributed by atoms with Gasteiger partial charge in [-0.1, -0.05) is 21.8 Å². The minimum absolute atomic E-state index is 0. The van der Waals surface area contributed by atoms with Crippen LogP contribution in [0.1, 0.15) is 28.7 Å². The number of hydrogen-bond acceptors (Lipinski definition) is 3. The third-order valence-electron chi connectivity index (χ3n) is 0.795. The summed E-state index contributed by atoms with van der Waals surface area (Å²) in [6, 6.07) is 0. The number of hydroxylamine groups is 2. The van der Waals surface area contributed by atoms with Crippen LogP contribution in [0.2, 0.25) is 0 Å². The van der Waals surface area contributed by atoms with Gasteiger partial charge in [0.25, 0.3) is 0 Å². The molecule has 0 aromatic carbocycles. The average Bonchev–Trinajstić information content (AvgIpc) is 1.87. The minimum atomic E-state index is 0. The summed E-state index contributed by atoms with van der Waals surface area (Å²) in [5, 5.41) is 1.81. The number of rotatable bonds is 3. The van der Waals surface area contributed by atoms with Gasteiger partial charge in [-0.2, -0.15) is 5.06 Å². The molecule has 0 saturated heterocycles. The van der Waals surface area contributed by atoms with Crippen LogP contribution in [0.5, 0.6) is 0 Å². The molecule has 0 fully saturated rings. The molecule has 3 heteroatoms. The molecule has 0 aromatic rings. The van der Waals surface area contributed by atoms with Gasteiger partial charge in [-0.05, 0) is 28.1 Å². The van der Waals surface area contributed by atoms with Gasteiger partial charge < -0.3 is 4.90 Å². The van der Waals surface area contributed by atoms with Gasteiger partial charge in [0.1, 0.15) is 0 Å². The first-order valence-electron chi connectivity index (χ1n) is 3.99. The molecule has 0 radical (unpaired) electrons. The first kappa shape index (κ1) is 23.1. The van der Waals surface area contributed by atoms with Crippen molar-refractivity contribution < 1.29 is 4.84 Å². The summed E-state index contributed by atoms with van der Waals surface area (Å²) < 4.78 is 0. The highest BCUT2D eigenvalue weighted by atomic mass is 16.7. The third-order valence-corrected chi connectivity index (χ3v) is 0.795. The van der Waals surface area contributed by atoms with E-state index in [0.717, 1.165) is 13.2 Å². The average molecular weight is 194 g/mol. The van der Waals surface area contributed by atoms with Gasteiger partial charge in [-0.3, -0.25) is 4.84 Å². The van der Waals surface area contributed by atoms with Crippen molar-refractivity contribution in [1.29, 1.82) is 0 Å². The zero-order chi connectivity index (χ0) is 9.28. The Kier molecular flexibility index (Phi) is 31.6. The maximum atomic E-state index is 5.02. The molecule has 0 aliphatic heterocycles. The molecule has 13 heavy (non-hydrogen) atoms. The van der Waals surface area contributed by atoms with Crippen LogP contribution in [-0.2, 0) is 4.84 Å². The van der Waals surface area contributed by atoms with Crippen LogP contribution < -0.4 is 0 Å². The topological polar surface area (TPSA) is 15.7 Å². The highest BCUT2D eigenvalue weighted by Gasteiger charge is 1.86. The van der Waals surface area contributed by atoms with E-state index >= 15 is 0 Å². The molecular formula is C10H30N2O. The fourth-order valence-electron chi connectivity index (χ4n) is 0.312. The molecular weight excluding hydrogens is 164 g/mol. The third kappa shape index (κ3) is 48.7. The summed E-state index contributed by atoms with van der Waals surface area (Å²) >= 11 is 0. The lowest BCUT2D eigenvalue weighted by atomic mass is 10.8. The molecule has 3 nitrogen and oxygen atoms in total. The van der Waals surface area contributed by atoms with Crippen molar-refractivity contribution in [2.75, 3.05) is 41.3 Å². The van der Waals surface area contributed by atoms with Crippen molar-refractivity contribution in [3.63, 3.8) is 0 Å². The summed E-state index contributed by atoms with van der Waals surface area (Å²) in [5.74, 6) is 0. The molecule has 0 unspecified atom stereocenters. The number of nitrogens with zero attached hydrogens (tertiary/aromatic N) is 2. The van der Waals surface area contributed by atoms with Gasteiger partial charge in [-0.15, -0.1) is 0 Å². The molecule has 0 bridgehead atoms. The lowest BCUT2D eigenvalue weighted by Gasteiger charge is -2.10. The molecule has 0 aromatic heterocycles. The molecule has 86 valence electrons. The van der Waals surface area contributed by atoms with Crippen LogP contribution in [0.25, 0.3) is 0 Å². The quantitative estimate of drug-likeness (QED) is 0.641. The predicted molar refractivity (Wildman–Crippen MR) is 63.0 cm³/mol. The first-order valence-corrected chi connectivity index (χ1v) is 3.99. The Bertz CT molecular complexity index is 65.2. The fourth-order valence-corrected chi connectivity index (χ4v) is 0.312. The SMILES string of the molecule is C.C.CCON(C)CC.CN(C)C. The molecule has 0 saturated carbocycles. The lowest BCUT2D eigenvalue weighted by Crippen LogP contribution is -2.17. The molecule has 0 heterocycles. The molecule has 0 spiro atoms. The van der Waals surface area contributed by atoms with Crippen LogP contribution in [0.3, 0.4) is 0 Å². The van der Waals surface area contributed by atoms with Crippen molar-refractivity contribution >= 4 is 0 Å². The zero-order valence-electron chi connectivity index (χ0n) is 8.72. The Morgan fingerprint density at radius 1 is 0.923 bits per heavy atom. The highest BCUT2D eigenvalue weighted by molar-refractivity contribution is 4.21. The minimum Gasteiger partial charge on any atom is -0.312 e. The Morgan fingerprint density at radius 3 is 1.31 bits per heavy atom. The standard InChI is InChI=1S/C5H13NO.C3H9N.2CH4/c1-4-6(3)7-5-2;1-4(2)3;;/h4-5H2,1-3H3;1-3H3;2*1H4. The first-order chi connectivity index (χ1) is 5.04. The van der Waals surface area contributed by atoms with Gasteiger partial charge in [0, 0.05) is 13.6 Å². The van der Waals surface area contributed by atoms with Crippen LogP contribution in [-0.4, -0.2) is 51.3 Å². The predicted octanol–water partition coefficient (Wildman–Crippen LogP) is 2.34. The van der Waals surface area contributed by atoms with Gasteiger partial charge >= 0.3 is 0 Å². The van der Waals surface area contributed by atoms with Crippen LogP contribution in [0.15, 0.2) is 0 Å². The van der Waals surface area contributed by atoms with Crippen molar-refractivity contribution in [3.8, 4) is 0 Å². The maximum Gasteiger partial charge on any atom is 0.0656 e. The van der Waals surface area contributed by atoms with Gasteiger partial charge in [0.05, 0.1) is 6.61 Å². The van der Waals surface area contributed by atoms with Crippen LogP contribution >= 0.6 is 0 Å². The second-order valence-corrected chi connectivity index (χ2v) is 2.70. The van der Waals surface area contributed by atoms with E-state index in [1.807, 2.05) is 40.0 Å². The van der Waals surface area contributed by atoms with Crippen LogP contribution in [0, 0.1) is 0 Å². The smallest absolute Gasteiger partial charge is 0.0656 e. The zero-order valence-corrected chi connectivity index (χ0v) is 8.72. The molecule has 0 N–H and O–H groups in total. The van der Waals surface area contributed by atoms with Crippen molar-refractivity contribution in [3.05, 3.63) is 0 Å². The van der Waals surface area contributed by atoms with E-state index in [2.05, 4.69) is 6.92 Å². The van der Waals surface area contributed by atoms with E-state index in [9.17, 15) is 0 Å². The second kappa shape index (κ2) is 17.8. The Balaban J connectivity index is -0.0000000600. The lowest BCUT2D eigenvalue weighted by molar-refractivity contribution is -0.130. The van der Waals surface area contributed by atoms with Gasteiger partial charge in [-0.25, -0.2) is 0 Å². The van der Waals surface area contributed by atoms with E-state index in [1.54, 1.807) is 5.06 Å². The fraction of sp³-hybridized carbons (Fsp3) is 1.00. The Labute approximate surface area is 85.6 Å². The normalized spacial score (nSPS) is 8.31. The van der Waals surface area contributed by atoms with E-state index in [-0.39, 0.29) is 14.9 Å². The van der Waals surface area contributed by atoms with Gasteiger partial charge in [0.2, 0.25) is 0 Å². The summed E-state index contributed by atoms with van der Waals surface area (Å²) in [6.07, 6.45) is 0. The van der Waals surface area contributed by atoms with E-state index in [0.29, 0.717) is 0 Å². The summed E-state index contributed by atoms with van der Waals surface area (Å²) in [5.41, 5.74) is 0. The number of hydrogen-bond donors (Lipinski definition) is 0.